The maximum Gasteiger partial charge on any atom is 0.162 e. The van der Waals surface area contributed by atoms with E-state index >= 15 is 0 Å². The summed E-state index contributed by atoms with van der Waals surface area (Å²) in [5.41, 5.74) is 2.39. The zero-order chi connectivity index (χ0) is 23.5. The van der Waals surface area contributed by atoms with Crippen LogP contribution >= 0.6 is 0 Å². The number of anilines is 3. The van der Waals surface area contributed by atoms with Crippen molar-refractivity contribution in [1.29, 1.82) is 0 Å². The summed E-state index contributed by atoms with van der Waals surface area (Å²) in [7, 11) is 1.59. The average molecular weight is 459 g/mol. The largest absolute Gasteiger partial charge is 0.494 e. The van der Waals surface area contributed by atoms with Gasteiger partial charge in [0.1, 0.15) is 17.4 Å². The first-order valence-corrected chi connectivity index (χ1v) is 11.2. The predicted octanol–water partition coefficient (Wildman–Crippen LogP) is 3.16. The van der Waals surface area contributed by atoms with Gasteiger partial charge in [-0.25, -0.2) is 15.0 Å². The number of nitrogens with zero attached hydrogens (tertiary/aromatic N) is 5. The SMILES string of the molecule is COc1cncc2nc(-c3ccnc(Nc4ccccc4)c3)nc(N3CCC(O)C(O)CC3)c12. The maximum absolute atomic E-state index is 10.2. The Hall–Kier alpha value is -3.82. The monoisotopic (exact) mass is 458 g/mol. The highest BCUT2D eigenvalue weighted by Gasteiger charge is 2.26. The third-order valence-corrected chi connectivity index (χ3v) is 5.97. The lowest BCUT2D eigenvalue weighted by Crippen LogP contribution is -2.26. The van der Waals surface area contributed by atoms with E-state index in [0.29, 0.717) is 54.7 Å². The second-order valence-corrected chi connectivity index (χ2v) is 8.23. The van der Waals surface area contributed by atoms with E-state index in [-0.39, 0.29) is 0 Å². The first-order chi connectivity index (χ1) is 16.6. The molecule has 9 heteroatoms. The fraction of sp³-hybridized carbons (Fsp3) is 0.280. The molecule has 0 radical (unpaired) electrons. The van der Waals surface area contributed by atoms with E-state index in [1.165, 1.54) is 0 Å². The quantitative estimate of drug-likeness (QED) is 0.415. The van der Waals surface area contributed by atoms with Crippen LogP contribution in [0.15, 0.2) is 61.1 Å². The molecule has 4 aromatic rings. The van der Waals surface area contributed by atoms with Crippen molar-refractivity contribution in [2.24, 2.45) is 0 Å². The Labute approximate surface area is 197 Å². The van der Waals surface area contributed by atoms with Gasteiger partial charge < -0.3 is 25.2 Å². The van der Waals surface area contributed by atoms with E-state index in [1.807, 2.05) is 42.5 Å². The molecule has 0 saturated carbocycles. The topological polar surface area (TPSA) is 117 Å². The number of pyridine rings is 2. The van der Waals surface area contributed by atoms with Crippen LogP contribution in [0.5, 0.6) is 5.75 Å². The molecule has 3 aromatic heterocycles. The summed E-state index contributed by atoms with van der Waals surface area (Å²) in [4.78, 5) is 20.5. The highest BCUT2D eigenvalue weighted by atomic mass is 16.5. The van der Waals surface area contributed by atoms with Crippen molar-refractivity contribution in [2.45, 2.75) is 25.0 Å². The summed E-state index contributed by atoms with van der Waals surface area (Å²) in [6.07, 6.45) is 4.42. The highest BCUT2D eigenvalue weighted by Crippen LogP contribution is 2.35. The van der Waals surface area contributed by atoms with Crippen molar-refractivity contribution in [2.75, 3.05) is 30.4 Å². The minimum Gasteiger partial charge on any atom is -0.494 e. The Balaban J connectivity index is 1.58. The Morgan fingerprint density at radius 2 is 1.76 bits per heavy atom. The summed E-state index contributed by atoms with van der Waals surface area (Å²) in [6.45, 7) is 1.10. The minimum atomic E-state index is -0.757. The van der Waals surface area contributed by atoms with E-state index in [2.05, 4.69) is 20.2 Å². The minimum absolute atomic E-state index is 0.440. The maximum atomic E-state index is 10.2. The zero-order valence-electron chi connectivity index (χ0n) is 18.8. The molecular formula is C25H26N6O3. The van der Waals surface area contributed by atoms with E-state index in [0.717, 1.165) is 16.6 Å². The highest BCUT2D eigenvalue weighted by molar-refractivity contribution is 5.95. The number of fused-ring (bicyclic) bond motifs is 1. The molecule has 1 aliphatic rings. The number of hydrogen-bond donors (Lipinski definition) is 3. The fourth-order valence-corrected chi connectivity index (χ4v) is 4.14. The van der Waals surface area contributed by atoms with Crippen LogP contribution in [0, 0.1) is 0 Å². The van der Waals surface area contributed by atoms with E-state index in [1.54, 1.807) is 25.7 Å². The molecule has 1 aromatic carbocycles. The second-order valence-electron chi connectivity index (χ2n) is 8.23. The standard InChI is InChI=1S/C25H26N6O3/c1-34-21-15-26-14-18-23(21)25(31-11-8-19(32)20(33)9-12-31)30-24(29-18)16-7-10-27-22(13-16)28-17-5-3-2-4-6-17/h2-7,10,13-15,19-20,32-33H,8-9,11-12H2,1H3,(H,27,28). The number of aliphatic hydroxyl groups excluding tert-OH is 2. The third-order valence-electron chi connectivity index (χ3n) is 5.97. The van der Waals surface area contributed by atoms with Crippen LogP contribution in [-0.2, 0) is 0 Å². The number of benzene rings is 1. The Morgan fingerprint density at radius 1 is 1.00 bits per heavy atom. The first kappa shape index (κ1) is 22.0. The molecule has 2 atom stereocenters. The Kier molecular flexibility index (Phi) is 6.20. The lowest BCUT2D eigenvalue weighted by atomic mass is 10.1. The summed E-state index contributed by atoms with van der Waals surface area (Å²) >= 11 is 0. The van der Waals surface area contributed by atoms with E-state index in [9.17, 15) is 10.2 Å². The number of aromatic nitrogens is 4. The van der Waals surface area contributed by atoms with Crippen molar-refractivity contribution in [3.63, 3.8) is 0 Å². The van der Waals surface area contributed by atoms with Crippen LogP contribution in [0.25, 0.3) is 22.3 Å². The van der Waals surface area contributed by atoms with Crippen molar-refractivity contribution in [3.8, 4) is 17.1 Å². The van der Waals surface area contributed by atoms with Gasteiger partial charge in [-0.3, -0.25) is 4.98 Å². The summed E-state index contributed by atoms with van der Waals surface area (Å²) in [5.74, 6) is 2.47. The number of rotatable bonds is 5. The summed E-state index contributed by atoms with van der Waals surface area (Å²) < 4.78 is 5.58. The number of aliphatic hydroxyl groups is 2. The molecule has 5 rings (SSSR count). The van der Waals surface area contributed by atoms with Crippen LogP contribution in [-0.4, -0.2) is 62.6 Å². The van der Waals surface area contributed by atoms with E-state index in [4.69, 9.17) is 14.7 Å². The molecule has 4 heterocycles. The smallest absolute Gasteiger partial charge is 0.162 e. The second kappa shape index (κ2) is 9.58. The molecule has 9 nitrogen and oxygen atoms in total. The van der Waals surface area contributed by atoms with Crippen molar-refractivity contribution < 1.29 is 14.9 Å². The molecule has 0 spiro atoms. The van der Waals surface area contributed by atoms with Crippen LogP contribution in [0.2, 0.25) is 0 Å². The average Bonchev–Trinajstić information content (AvgIpc) is 3.04. The molecule has 174 valence electrons. The number of nitrogens with one attached hydrogen (secondary N) is 1. The number of ether oxygens (including phenoxy) is 1. The molecule has 0 bridgehead atoms. The molecule has 1 saturated heterocycles. The Bertz CT molecular complexity index is 1270. The summed E-state index contributed by atoms with van der Waals surface area (Å²) in [5, 5.41) is 24.4. The van der Waals surface area contributed by atoms with Crippen LogP contribution < -0.4 is 15.0 Å². The molecule has 0 aliphatic carbocycles. The van der Waals surface area contributed by atoms with Gasteiger partial charge in [0.15, 0.2) is 5.82 Å². The predicted molar refractivity (Wildman–Crippen MR) is 130 cm³/mol. The first-order valence-electron chi connectivity index (χ1n) is 11.2. The third kappa shape index (κ3) is 4.48. The number of hydrogen-bond acceptors (Lipinski definition) is 9. The van der Waals surface area contributed by atoms with Gasteiger partial charge in [-0.2, -0.15) is 0 Å². The molecule has 1 aliphatic heterocycles. The van der Waals surface area contributed by atoms with Crippen molar-refractivity contribution in [3.05, 3.63) is 61.1 Å². The van der Waals surface area contributed by atoms with Crippen molar-refractivity contribution >= 4 is 28.2 Å². The van der Waals surface area contributed by atoms with Gasteiger partial charge in [-0.15, -0.1) is 0 Å². The molecule has 2 unspecified atom stereocenters. The normalized spacial score (nSPS) is 18.5. The lowest BCUT2D eigenvalue weighted by Gasteiger charge is -2.24. The van der Waals surface area contributed by atoms with Gasteiger partial charge >= 0.3 is 0 Å². The van der Waals surface area contributed by atoms with Crippen LogP contribution in [0.4, 0.5) is 17.3 Å². The fourth-order valence-electron chi connectivity index (χ4n) is 4.14. The molecular weight excluding hydrogens is 432 g/mol. The lowest BCUT2D eigenvalue weighted by molar-refractivity contribution is 0.0187. The van der Waals surface area contributed by atoms with Gasteiger partial charge in [0.05, 0.1) is 42.6 Å². The van der Waals surface area contributed by atoms with Gasteiger partial charge in [0.2, 0.25) is 0 Å². The molecule has 3 N–H and O–H groups in total. The molecule has 34 heavy (non-hydrogen) atoms. The van der Waals surface area contributed by atoms with Gasteiger partial charge in [-0.05, 0) is 37.1 Å². The number of methoxy groups -OCH3 is 1. The van der Waals surface area contributed by atoms with Gasteiger partial charge in [-0.1, -0.05) is 18.2 Å². The van der Waals surface area contributed by atoms with Gasteiger partial charge in [0.25, 0.3) is 0 Å². The molecule has 0 amide bonds. The van der Waals surface area contributed by atoms with E-state index < -0.39 is 12.2 Å². The van der Waals surface area contributed by atoms with Crippen molar-refractivity contribution in [1.82, 2.24) is 19.9 Å². The van der Waals surface area contributed by atoms with Crippen LogP contribution in [0.3, 0.4) is 0 Å². The Morgan fingerprint density at radius 3 is 2.50 bits per heavy atom. The summed E-state index contributed by atoms with van der Waals surface area (Å²) in [6, 6.07) is 13.6. The molecule has 1 fully saturated rings. The van der Waals surface area contributed by atoms with Gasteiger partial charge in [0, 0.05) is 30.5 Å². The number of para-hydroxylation sites is 1. The zero-order valence-corrected chi connectivity index (χ0v) is 18.8. The van der Waals surface area contributed by atoms with Crippen LogP contribution in [0.1, 0.15) is 12.8 Å².